The molecule has 0 radical (unpaired) electrons. The maximum Gasteiger partial charge on any atom is 0.264 e. The first-order valence-corrected chi connectivity index (χ1v) is 11.9. The fourth-order valence-electron chi connectivity index (χ4n) is 3.57. The van der Waals surface area contributed by atoms with Gasteiger partial charge in [-0.25, -0.2) is 8.42 Å². The summed E-state index contributed by atoms with van der Waals surface area (Å²) in [6.07, 6.45) is 0.769. The summed E-state index contributed by atoms with van der Waals surface area (Å²) >= 11 is 3.38. The Morgan fingerprint density at radius 3 is 2.23 bits per heavy atom. The van der Waals surface area contributed by atoms with E-state index < -0.39 is 10.0 Å². The summed E-state index contributed by atoms with van der Waals surface area (Å²) in [4.78, 5) is 15.0. The topological polar surface area (TPSA) is 57.7 Å². The van der Waals surface area contributed by atoms with Gasteiger partial charge in [0.05, 0.1) is 10.6 Å². The third-order valence-corrected chi connectivity index (χ3v) is 7.52. The van der Waals surface area contributed by atoms with Crippen LogP contribution < -0.4 is 4.31 Å². The highest BCUT2D eigenvalue weighted by Gasteiger charge is 2.30. The van der Waals surface area contributed by atoms with E-state index in [4.69, 9.17) is 0 Å². The number of carbonyl (C=O) groups excluding carboxylic acids is 1. The Kier molecular flexibility index (Phi) is 5.92. The standard InChI is InChI=1S/C23H21BrN2O3S/c24-20-10-12-21(13-11-20)26(30(28,29)22-8-2-1-3-9-22)17-23(27)25-15-14-18-6-4-5-7-19(18)16-25/h1-13H,14-17H2. The van der Waals surface area contributed by atoms with Crippen LogP contribution >= 0.6 is 15.9 Å². The Labute approximate surface area is 185 Å². The van der Waals surface area contributed by atoms with Crippen molar-refractivity contribution >= 4 is 37.5 Å². The number of benzene rings is 3. The molecule has 154 valence electrons. The molecule has 4 rings (SSSR count). The molecule has 0 bridgehead atoms. The summed E-state index contributed by atoms with van der Waals surface area (Å²) < 4.78 is 28.8. The number of hydrogen-bond acceptors (Lipinski definition) is 3. The van der Waals surface area contributed by atoms with Gasteiger partial charge in [0.25, 0.3) is 10.0 Å². The number of amides is 1. The number of hydrogen-bond donors (Lipinski definition) is 0. The van der Waals surface area contributed by atoms with Gasteiger partial charge in [-0.15, -0.1) is 0 Å². The molecule has 1 heterocycles. The van der Waals surface area contributed by atoms with E-state index in [9.17, 15) is 13.2 Å². The Morgan fingerprint density at radius 2 is 1.53 bits per heavy atom. The number of rotatable bonds is 5. The van der Waals surface area contributed by atoms with Gasteiger partial charge in [-0.2, -0.15) is 0 Å². The second kappa shape index (κ2) is 8.62. The van der Waals surface area contributed by atoms with Crippen LogP contribution in [-0.2, 0) is 27.8 Å². The van der Waals surface area contributed by atoms with Crippen molar-refractivity contribution in [2.24, 2.45) is 0 Å². The molecule has 0 atom stereocenters. The normalized spacial score (nSPS) is 13.6. The smallest absolute Gasteiger partial charge is 0.264 e. The fraction of sp³-hybridized carbons (Fsp3) is 0.174. The predicted octanol–water partition coefficient (Wildman–Crippen LogP) is 4.23. The monoisotopic (exact) mass is 484 g/mol. The van der Waals surface area contributed by atoms with E-state index >= 15 is 0 Å². The summed E-state index contributed by atoms with van der Waals surface area (Å²) in [7, 11) is -3.89. The van der Waals surface area contributed by atoms with Gasteiger partial charge in [-0.1, -0.05) is 58.4 Å². The van der Waals surface area contributed by atoms with Crippen LogP contribution in [0.4, 0.5) is 5.69 Å². The van der Waals surface area contributed by atoms with Crippen LogP contribution in [0.25, 0.3) is 0 Å². The lowest BCUT2D eigenvalue weighted by Gasteiger charge is -2.31. The Hall–Kier alpha value is -2.64. The van der Waals surface area contributed by atoms with Crippen molar-refractivity contribution in [3.63, 3.8) is 0 Å². The summed E-state index contributed by atoms with van der Waals surface area (Å²) in [5.41, 5.74) is 2.80. The zero-order valence-corrected chi connectivity index (χ0v) is 18.6. The Bertz CT molecular complexity index is 1150. The molecule has 0 fully saturated rings. The van der Waals surface area contributed by atoms with Gasteiger partial charge in [0, 0.05) is 17.6 Å². The van der Waals surface area contributed by atoms with Crippen LogP contribution in [0.15, 0.2) is 88.2 Å². The molecule has 3 aromatic rings. The number of anilines is 1. The third kappa shape index (κ3) is 4.27. The van der Waals surface area contributed by atoms with Gasteiger partial charge in [0.2, 0.25) is 5.91 Å². The highest BCUT2D eigenvalue weighted by Crippen LogP contribution is 2.26. The summed E-state index contributed by atoms with van der Waals surface area (Å²) in [5.74, 6) is -0.216. The molecule has 30 heavy (non-hydrogen) atoms. The largest absolute Gasteiger partial charge is 0.336 e. The van der Waals surface area contributed by atoms with Crippen LogP contribution in [0.5, 0.6) is 0 Å². The van der Waals surface area contributed by atoms with Gasteiger partial charge in [0.1, 0.15) is 6.54 Å². The van der Waals surface area contributed by atoms with E-state index in [0.29, 0.717) is 18.8 Å². The zero-order valence-electron chi connectivity index (χ0n) is 16.2. The van der Waals surface area contributed by atoms with Crippen LogP contribution in [0.2, 0.25) is 0 Å². The third-order valence-electron chi connectivity index (χ3n) is 5.21. The number of nitrogens with zero attached hydrogens (tertiary/aromatic N) is 2. The molecular weight excluding hydrogens is 464 g/mol. The number of carbonyl (C=O) groups is 1. The van der Waals surface area contributed by atoms with E-state index in [1.807, 2.05) is 18.2 Å². The van der Waals surface area contributed by atoms with Gasteiger partial charge >= 0.3 is 0 Å². The maximum atomic E-state index is 13.4. The second-order valence-corrected chi connectivity index (χ2v) is 9.91. The highest BCUT2D eigenvalue weighted by molar-refractivity contribution is 9.10. The quantitative estimate of drug-likeness (QED) is 0.544. The minimum atomic E-state index is -3.89. The minimum absolute atomic E-state index is 0.157. The molecule has 0 spiro atoms. The molecule has 0 unspecified atom stereocenters. The molecule has 0 saturated heterocycles. The molecule has 3 aromatic carbocycles. The maximum absolute atomic E-state index is 13.4. The van der Waals surface area contributed by atoms with E-state index in [1.165, 1.54) is 9.87 Å². The zero-order chi connectivity index (χ0) is 21.1. The van der Waals surface area contributed by atoms with Crippen molar-refractivity contribution in [2.75, 3.05) is 17.4 Å². The number of halogens is 1. The second-order valence-electron chi connectivity index (χ2n) is 7.14. The van der Waals surface area contributed by atoms with Crippen LogP contribution in [0.3, 0.4) is 0 Å². The lowest BCUT2D eigenvalue weighted by atomic mass is 10.00. The molecule has 0 saturated carbocycles. The molecule has 1 aliphatic heterocycles. The molecule has 7 heteroatoms. The van der Waals surface area contributed by atoms with Gasteiger partial charge in [-0.3, -0.25) is 9.10 Å². The summed E-state index contributed by atoms with van der Waals surface area (Å²) in [5, 5.41) is 0. The van der Waals surface area contributed by atoms with Crippen molar-refractivity contribution in [1.82, 2.24) is 4.90 Å². The number of sulfonamides is 1. The molecule has 1 amide bonds. The lowest BCUT2D eigenvalue weighted by molar-refractivity contribution is -0.130. The van der Waals surface area contributed by atoms with E-state index in [0.717, 1.165) is 16.5 Å². The van der Waals surface area contributed by atoms with Crippen LogP contribution in [0, 0.1) is 0 Å². The first-order valence-electron chi connectivity index (χ1n) is 9.63. The predicted molar refractivity (Wildman–Crippen MR) is 121 cm³/mol. The van der Waals surface area contributed by atoms with Crippen molar-refractivity contribution in [1.29, 1.82) is 0 Å². The van der Waals surface area contributed by atoms with Crippen molar-refractivity contribution in [2.45, 2.75) is 17.9 Å². The Morgan fingerprint density at radius 1 is 0.900 bits per heavy atom. The van der Waals surface area contributed by atoms with Gasteiger partial charge in [0.15, 0.2) is 0 Å². The molecular formula is C23H21BrN2O3S. The minimum Gasteiger partial charge on any atom is -0.336 e. The average molecular weight is 485 g/mol. The Balaban J connectivity index is 1.64. The molecule has 0 aliphatic carbocycles. The van der Waals surface area contributed by atoms with Crippen molar-refractivity contribution in [3.8, 4) is 0 Å². The van der Waals surface area contributed by atoms with E-state index in [1.54, 1.807) is 59.5 Å². The van der Waals surface area contributed by atoms with Crippen molar-refractivity contribution < 1.29 is 13.2 Å². The van der Waals surface area contributed by atoms with E-state index in [-0.39, 0.29) is 17.3 Å². The first kappa shape index (κ1) is 20.6. The molecule has 1 aliphatic rings. The molecule has 0 N–H and O–H groups in total. The first-order chi connectivity index (χ1) is 14.4. The van der Waals surface area contributed by atoms with Crippen LogP contribution in [0.1, 0.15) is 11.1 Å². The summed E-state index contributed by atoms with van der Waals surface area (Å²) in [6.45, 7) is 0.824. The van der Waals surface area contributed by atoms with E-state index in [2.05, 4.69) is 22.0 Å². The van der Waals surface area contributed by atoms with Gasteiger partial charge in [-0.05, 0) is 53.9 Å². The lowest BCUT2D eigenvalue weighted by Crippen LogP contribution is -2.44. The van der Waals surface area contributed by atoms with Crippen LogP contribution in [-0.4, -0.2) is 32.3 Å². The van der Waals surface area contributed by atoms with Crippen molar-refractivity contribution in [3.05, 3.63) is 94.5 Å². The van der Waals surface area contributed by atoms with Gasteiger partial charge < -0.3 is 4.90 Å². The number of fused-ring (bicyclic) bond motifs is 1. The summed E-state index contributed by atoms with van der Waals surface area (Å²) in [6, 6.07) is 23.2. The molecule has 0 aromatic heterocycles. The molecule has 5 nitrogen and oxygen atoms in total. The SMILES string of the molecule is O=C(CN(c1ccc(Br)cc1)S(=O)(=O)c1ccccc1)N1CCc2ccccc2C1. The fourth-order valence-corrected chi connectivity index (χ4v) is 5.27. The average Bonchev–Trinajstić information content (AvgIpc) is 2.78. The highest BCUT2D eigenvalue weighted by atomic mass is 79.9.